The zero-order chi connectivity index (χ0) is 10.4. The predicted octanol–water partition coefficient (Wildman–Crippen LogP) is 2.15. The van der Waals surface area contributed by atoms with Crippen LogP contribution in [-0.4, -0.2) is 12.2 Å². The fraction of sp³-hybridized carbons (Fsp3) is 0.231. The molecule has 3 rings (SSSR count). The van der Waals surface area contributed by atoms with Crippen LogP contribution in [0.15, 0.2) is 36.4 Å². The maximum atomic E-state index is 10.2. The van der Waals surface area contributed by atoms with Crippen LogP contribution in [0.3, 0.4) is 0 Å². The molecule has 2 atom stereocenters. The van der Waals surface area contributed by atoms with Crippen molar-refractivity contribution in [3.8, 4) is 0 Å². The number of rotatable bonds is 1. The topological polar surface area (TPSA) is 32.3 Å². The van der Waals surface area contributed by atoms with Crippen LogP contribution in [0.5, 0.6) is 0 Å². The minimum Gasteiger partial charge on any atom is -0.386 e. The summed E-state index contributed by atoms with van der Waals surface area (Å²) in [7, 11) is 1.89. The number of aliphatic hydroxyl groups is 1. The minimum atomic E-state index is -0.420. The summed E-state index contributed by atoms with van der Waals surface area (Å²) in [5.41, 5.74) is 2.25. The number of hydrogen-bond acceptors (Lipinski definition) is 2. The Morgan fingerprint density at radius 3 is 2.40 bits per heavy atom. The van der Waals surface area contributed by atoms with Crippen LogP contribution >= 0.6 is 0 Å². The van der Waals surface area contributed by atoms with E-state index in [1.807, 2.05) is 25.2 Å². The van der Waals surface area contributed by atoms with Crippen molar-refractivity contribution in [1.29, 1.82) is 0 Å². The smallest absolute Gasteiger partial charge is 0.0990 e. The average Bonchev–Trinajstić information content (AvgIpc) is 2.55. The summed E-state index contributed by atoms with van der Waals surface area (Å²) in [5, 5.41) is 15.8. The second-order valence-electron chi connectivity index (χ2n) is 4.00. The van der Waals surface area contributed by atoms with Gasteiger partial charge in [-0.05, 0) is 28.9 Å². The molecule has 2 aromatic carbocycles. The Balaban J connectivity index is 2.40. The minimum absolute atomic E-state index is 0.0334. The molecular formula is C13H13NO. The van der Waals surface area contributed by atoms with Gasteiger partial charge in [-0.25, -0.2) is 0 Å². The molecule has 1 aliphatic rings. The molecule has 0 radical (unpaired) electrons. The third-order valence-electron chi connectivity index (χ3n) is 3.25. The van der Waals surface area contributed by atoms with Gasteiger partial charge in [0.25, 0.3) is 0 Å². The second kappa shape index (κ2) is 3.05. The first kappa shape index (κ1) is 8.89. The van der Waals surface area contributed by atoms with Crippen molar-refractivity contribution in [3.63, 3.8) is 0 Å². The highest BCUT2D eigenvalue weighted by Gasteiger charge is 2.31. The van der Waals surface area contributed by atoms with Crippen LogP contribution in [-0.2, 0) is 0 Å². The third-order valence-corrected chi connectivity index (χ3v) is 3.25. The molecular weight excluding hydrogens is 186 g/mol. The van der Waals surface area contributed by atoms with Crippen molar-refractivity contribution in [2.45, 2.75) is 12.1 Å². The fourth-order valence-electron chi connectivity index (χ4n) is 2.57. The molecule has 0 saturated heterocycles. The molecule has 0 amide bonds. The van der Waals surface area contributed by atoms with Gasteiger partial charge in [-0.15, -0.1) is 0 Å². The Kier molecular flexibility index (Phi) is 1.81. The number of benzene rings is 2. The molecule has 2 N–H and O–H groups in total. The molecule has 0 bridgehead atoms. The molecule has 2 nitrogen and oxygen atoms in total. The van der Waals surface area contributed by atoms with E-state index in [4.69, 9.17) is 0 Å². The van der Waals surface area contributed by atoms with E-state index in [1.165, 1.54) is 16.3 Å². The Morgan fingerprint density at radius 1 is 1.07 bits per heavy atom. The highest BCUT2D eigenvalue weighted by Crippen LogP contribution is 2.43. The number of hydrogen-bond donors (Lipinski definition) is 2. The van der Waals surface area contributed by atoms with Crippen LogP contribution in [0.2, 0.25) is 0 Å². The van der Waals surface area contributed by atoms with Crippen molar-refractivity contribution in [1.82, 2.24) is 5.32 Å². The van der Waals surface area contributed by atoms with Gasteiger partial charge in [-0.1, -0.05) is 36.4 Å². The van der Waals surface area contributed by atoms with Crippen molar-refractivity contribution in [2.24, 2.45) is 0 Å². The normalized spacial score (nSPS) is 23.6. The van der Waals surface area contributed by atoms with Crippen molar-refractivity contribution in [2.75, 3.05) is 7.05 Å². The van der Waals surface area contributed by atoms with E-state index in [0.717, 1.165) is 5.56 Å². The molecule has 2 aromatic rings. The van der Waals surface area contributed by atoms with Gasteiger partial charge >= 0.3 is 0 Å². The summed E-state index contributed by atoms with van der Waals surface area (Å²) < 4.78 is 0. The van der Waals surface area contributed by atoms with E-state index < -0.39 is 6.10 Å². The van der Waals surface area contributed by atoms with Gasteiger partial charge < -0.3 is 10.4 Å². The summed E-state index contributed by atoms with van der Waals surface area (Å²) >= 11 is 0. The zero-order valence-electron chi connectivity index (χ0n) is 8.57. The highest BCUT2D eigenvalue weighted by molar-refractivity contribution is 5.91. The first-order valence-electron chi connectivity index (χ1n) is 5.20. The van der Waals surface area contributed by atoms with E-state index in [2.05, 4.69) is 23.5 Å². The molecule has 0 fully saturated rings. The van der Waals surface area contributed by atoms with Crippen molar-refractivity contribution >= 4 is 10.8 Å². The molecule has 2 heteroatoms. The average molecular weight is 199 g/mol. The van der Waals surface area contributed by atoms with Crippen LogP contribution in [0, 0.1) is 0 Å². The third kappa shape index (κ3) is 1.06. The maximum absolute atomic E-state index is 10.2. The molecule has 0 saturated carbocycles. The molecule has 0 unspecified atom stereocenters. The summed E-state index contributed by atoms with van der Waals surface area (Å²) in [4.78, 5) is 0. The lowest BCUT2D eigenvalue weighted by atomic mass is 10.0. The summed E-state index contributed by atoms with van der Waals surface area (Å²) in [6, 6.07) is 12.4. The van der Waals surface area contributed by atoms with Crippen molar-refractivity contribution < 1.29 is 5.11 Å². The quantitative estimate of drug-likeness (QED) is 0.737. The number of nitrogens with one attached hydrogen (secondary N) is 1. The summed E-state index contributed by atoms with van der Waals surface area (Å²) in [6.07, 6.45) is -0.420. The second-order valence-corrected chi connectivity index (χ2v) is 4.00. The number of likely N-dealkylation sites (N-methyl/N-ethyl adjacent to an activating group) is 1. The Morgan fingerprint density at radius 2 is 1.73 bits per heavy atom. The van der Waals surface area contributed by atoms with Crippen LogP contribution in [0.25, 0.3) is 10.8 Å². The van der Waals surface area contributed by atoms with E-state index in [9.17, 15) is 5.11 Å². The first-order valence-corrected chi connectivity index (χ1v) is 5.20. The zero-order valence-corrected chi connectivity index (χ0v) is 8.57. The highest BCUT2D eigenvalue weighted by atomic mass is 16.3. The van der Waals surface area contributed by atoms with E-state index in [1.54, 1.807) is 0 Å². The largest absolute Gasteiger partial charge is 0.386 e. The summed E-state index contributed by atoms with van der Waals surface area (Å²) in [6.45, 7) is 0. The van der Waals surface area contributed by atoms with Gasteiger partial charge in [0.05, 0.1) is 12.1 Å². The lowest BCUT2D eigenvalue weighted by Gasteiger charge is -2.15. The van der Waals surface area contributed by atoms with Crippen LogP contribution < -0.4 is 5.32 Å². The molecule has 1 aliphatic carbocycles. The van der Waals surface area contributed by atoms with Gasteiger partial charge in [0, 0.05) is 0 Å². The fourth-order valence-corrected chi connectivity index (χ4v) is 2.57. The first-order chi connectivity index (χ1) is 7.33. The van der Waals surface area contributed by atoms with Gasteiger partial charge in [0.2, 0.25) is 0 Å². The van der Waals surface area contributed by atoms with Crippen LogP contribution in [0.1, 0.15) is 23.3 Å². The van der Waals surface area contributed by atoms with Gasteiger partial charge in [-0.2, -0.15) is 0 Å². The van der Waals surface area contributed by atoms with E-state index in [0.29, 0.717) is 0 Å². The lowest BCUT2D eigenvalue weighted by Crippen LogP contribution is -2.19. The standard InChI is InChI=1S/C13H13NO/c1-14-12-9-6-2-4-8-5-3-7-10(11(8)9)13(12)15/h2-7,12-15H,1H3/t12-,13+/m0/s1. The van der Waals surface area contributed by atoms with Gasteiger partial charge in [0.15, 0.2) is 0 Å². The van der Waals surface area contributed by atoms with Crippen LogP contribution in [0.4, 0.5) is 0 Å². The summed E-state index contributed by atoms with van der Waals surface area (Å²) in [5.74, 6) is 0. The monoisotopic (exact) mass is 199 g/mol. The Labute approximate surface area is 88.5 Å². The number of aliphatic hydroxyl groups excluding tert-OH is 1. The lowest BCUT2D eigenvalue weighted by molar-refractivity contribution is 0.141. The molecule has 76 valence electrons. The molecule has 0 aromatic heterocycles. The predicted molar refractivity (Wildman–Crippen MR) is 60.7 cm³/mol. The Hall–Kier alpha value is -1.38. The maximum Gasteiger partial charge on any atom is 0.0990 e. The van der Waals surface area contributed by atoms with Gasteiger partial charge in [-0.3, -0.25) is 0 Å². The van der Waals surface area contributed by atoms with E-state index >= 15 is 0 Å². The SMILES string of the molecule is CN[C@H]1c2cccc3cccc(c23)[C@H]1O. The molecule has 0 heterocycles. The molecule has 15 heavy (non-hydrogen) atoms. The molecule has 0 aliphatic heterocycles. The van der Waals surface area contributed by atoms with Crippen molar-refractivity contribution in [3.05, 3.63) is 47.5 Å². The Bertz CT molecular complexity index is 516. The van der Waals surface area contributed by atoms with E-state index in [-0.39, 0.29) is 6.04 Å². The van der Waals surface area contributed by atoms with Gasteiger partial charge in [0.1, 0.15) is 0 Å². The molecule has 0 spiro atoms.